The molecule has 3 rings (SSSR count). The molecule has 134 valence electrons. The number of anilines is 1. The van der Waals surface area contributed by atoms with Crippen molar-refractivity contribution in [1.29, 1.82) is 0 Å². The van der Waals surface area contributed by atoms with Gasteiger partial charge in [0, 0.05) is 0 Å². The fourth-order valence-electron chi connectivity index (χ4n) is 2.88. The first kappa shape index (κ1) is 17.2. The standard InChI is InChI=1S/C16H17F3N4O2/c1-3-15(2)12(24)21-14-20-8-22(9-23(14)13(15)25)11-7-5-4-6-10(11)16(17,18)19/h4-7H,3,8-9H2,1-2H3,(H,20,21,24). The number of carbonyl (C=O) groups excluding carboxylic acids is 2. The highest BCUT2D eigenvalue weighted by atomic mass is 19.4. The first-order valence-electron chi connectivity index (χ1n) is 7.77. The van der Waals surface area contributed by atoms with Gasteiger partial charge in [-0.05, 0) is 25.5 Å². The number of amides is 2. The molecule has 6 nitrogen and oxygen atoms in total. The van der Waals surface area contributed by atoms with Gasteiger partial charge in [-0.25, -0.2) is 4.99 Å². The molecule has 2 heterocycles. The van der Waals surface area contributed by atoms with E-state index in [1.54, 1.807) is 6.92 Å². The molecule has 2 aliphatic rings. The Labute approximate surface area is 142 Å². The van der Waals surface area contributed by atoms with Crippen LogP contribution in [0.5, 0.6) is 0 Å². The van der Waals surface area contributed by atoms with E-state index in [1.165, 1.54) is 34.9 Å². The smallest absolute Gasteiger partial charge is 0.333 e. The van der Waals surface area contributed by atoms with Crippen molar-refractivity contribution >= 4 is 23.5 Å². The molecule has 0 bridgehead atoms. The van der Waals surface area contributed by atoms with Crippen LogP contribution in [0.25, 0.3) is 0 Å². The summed E-state index contributed by atoms with van der Waals surface area (Å²) in [5.74, 6) is -0.826. The van der Waals surface area contributed by atoms with Crippen LogP contribution in [0.15, 0.2) is 29.3 Å². The molecule has 0 radical (unpaired) electrons. The number of nitrogens with one attached hydrogen (secondary N) is 1. The molecule has 1 N–H and O–H groups in total. The molecule has 0 aliphatic carbocycles. The molecule has 25 heavy (non-hydrogen) atoms. The molecular weight excluding hydrogens is 337 g/mol. The van der Waals surface area contributed by atoms with Crippen molar-refractivity contribution in [1.82, 2.24) is 10.2 Å². The van der Waals surface area contributed by atoms with Gasteiger partial charge in [0.2, 0.25) is 17.8 Å². The van der Waals surface area contributed by atoms with E-state index in [0.717, 1.165) is 6.07 Å². The second-order valence-corrected chi connectivity index (χ2v) is 6.19. The highest BCUT2D eigenvalue weighted by Crippen LogP contribution is 2.37. The number of aliphatic imine (C=N–C) groups is 1. The number of rotatable bonds is 2. The minimum atomic E-state index is -4.52. The summed E-state index contributed by atoms with van der Waals surface area (Å²) in [6.45, 7) is 3.03. The minimum absolute atomic E-state index is 0.0549. The van der Waals surface area contributed by atoms with Crippen molar-refractivity contribution in [2.45, 2.75) is 26.4 Å². The van der Waals surface area contributed by atoms with Gasteiger partial charge in [0.1, 0.15) is 18.8 Å². The Balaban J connectivity index is 1.96. The van der Waals surface area contributed by atoms with E-state index in [1.807, 2.05) is 0 Å². The van der Waals surface area contributed by atoms with Crippen LogP contribution in [0.2, 0.25) is 0 Å². The lowest BCUT2D eigenvalue weighted by Gasteiger charge is -2.43. The zero-order valence-electron chi connectivity index (χ0n) is 13.7. The summed E-state index contributed by atoms with van der Waals surface area (Å²) in [5.41, 5.74) is -2.10. The van der Waals surface area contributed by atoms with E-state index in [-0.39, 0.29) is 31.4 Å². The van der Waals surface area contributed by atoms with E-state index >= 15 is 0 Å². The summed E-state index contributed by atoms with van der Waals surface area (Å²) in [6, 6.07) is 5.14. The lowest BCUT2D eigenvalue weighted by Crippen LogP contribution is -2.66. The average Bonchev–Trinajstić information content (AvgIpc) is 2.59. The zero-order valence-corrected chi connectivity index (χ0v) is 13.7. The number of carbonyl (C=O) groups is 2. The fraction of sp³-hybridized carbons (Fsp3) is 0.438. The molecule has 0 aromatic heterocycles. The van der Waals surface area contributed by atoms with Crippen molar-refractivity contribution in [3.05, 3.63) is 29.8 Å². The predicted octanol–water partition coefficient (Wildman–Crippen LogP) is 2.17. The van der Waals surface area contributed by atoms with Gasteiger partial charge >= 0.3 is 6.18 Å². The Bertz CT molecular complexity index is 762. The largest absolute Gasteiger partial charge is 0.418 e. The van der Waals surface area contributed by atoms with Crippen LogP contribution in [0.1, 0.15) is 25.8 Å². The highest BCUT2D eigenvalue weighted by molar-refractivity contribution is 6.20. The van der Waals surface area contributed by atoms with Gasteiger partial charge in [-0.2, -0.15) is 13.2 Å². The maximum atomic E-state index is 13.2. The summed E-state index contributed by atoms with van der Waals surface area (Å²) in [7, 11) is 0. The average molecular weight is 354 g/mol. The molecule has 9 heteroatoms. The van der Waals surface area contributed by atoms with Gasteiger partial charge in [0.05, 0.1) is 11.3 Å². The third-order valence-corrected chi connectivity index (χ3v) is 4.66. The van der Waals surface area contributed by atoms with Gasteiger partial charge < -0.3 is 4.90 Å². The molecule has 1 fully saturated rings. The van der Waals surface area contributed by atoms with Gasteiger partial charge in [0.15, 0.2) is 0 Å². The lowest BCUT2D eigenvalue weighted by atomic mass is 9.83. The molecule has 1 unspecified atom stereocenters. The normalized spacial score (nSPS) is 24.0. The first-order chi connectivity index (χ1) is 11.7. The Morgan fingerprint density at radius 3 is 2.60 bits per heavy atom. The van der Waals surface area contributed by atoms with E-state index in [0.29, 0.717) is 0 Å². The van der Waals surface area contributed by atoms with Gasteiger partial charge in [-0.15, -0.1) is 0 Å². The Hall–Kier alpha value is -2.58. The number of hydrogen-bond acceptors (Lipinski definition) is 4. The Kier molecular flexibility index (Phi) is 3.97. The molecule has 2 amide bonds. The quantitative estimate of drug-likeness (QED) is 0.828. The summed E-state index contributed by atoms with van der Waals surface area (Å²) < 4.78 is 39.7. The van der Waals surface area contributed by atoms with Gasteiger partial charge in [0.25, 0.3) is 0 Å². The van der Waals surface area contributed by atoms with Crippen LogP contribution in [0.4, 0.5) is 18.9 Å². The third kappa shape index (κ3) is 2.73. The Morgan fingerprint density at radius 1 is 1.28 bits per heavy atom. The highest BCUT2D eigenvalue weighted by Gasteiger charge is 2.49. The number of guanidine groups is 1. The van der Waals surface area contributed by atoms with E-state index < -0.39 is 29.0 Å². The topological polar surface area (TPSA) is 65.0 Å². The van der Waals surface area contributed by atoms with Crippen LogP contribution in [0, 0.1) is 5.41 Å². The molecule has 1 aromatic carbocycles. The number of alkyl halides is 3. The van der Waals surface area contributed by atoms with E-state index in [2.05, 4.69) is 10.3 Å². The summed E-state index contributed by atoms with van der Waals surface area (Å²) in [4.78, 5) is 31.5. The zero-order chi connectivity index (χ0) is 18.4. The summed E-state index contributed by atoms with van der Waals surface area (Å²) >= 11 is 0. The molecule has 0 spiro atoms. The van der Waals surface area contributed by atoms with Gasteiger partial charge in [-0.3, -0.25) is 19.8 Å². The monoisotopic (exact) mass is 354 g/mol. The molecular formula is C16H17F3N4O2. The molecule has 2 aliphatic heterocycles. The van der Waals surface area contributed by atoms with Crippen LogP contribution in [-0.4, -0.2) is 36.0 Å². The number of fused-ring (bicyclic) bond motifs is 1. The summed E-state index contributed by atoms with van der Waals surface area (Å²) in [6.07, 6.45) is -4.24. The second-order valence-electron chi connectivity index (χ2n) is 6.19. The third-order valence-electron chi connectivity index (χ3n) is 4.66. The van der Waals surface area contributed by atoms with Crippen molar-refractivity contribution in [2.24, 2.45) is 10.4 Å². The molecule has 0 saturated carbocycles. The van der Waals surface area contributed by atoms with Crippen molar-refractivity contribution < 1.29 is 22.8 Å². The van der Waals surface area contributed by atoms with E-state index in [9.17, 15) is 22.8 Å². The van der Waals surface area contributed by atoms with Crippen LogP contribution < -0.4 is 10.2 Å². The fourth-order valence-corrected chi connectivity index (χ4v) is 2.88. The Morgan fingerprint density at radius 2 is 1.96 bits per heavy atom. The minimum Gasteiger partial charge on any atom is -0.333 e. The SMILES string of the molecule is CCC1(C)C(=O)NC2=NCN(c3ccccc3C(F)(F)F)CN2C1=O. The van der Waals surface area contributed by atoms with Crippen LogP contribution in [0.3, 0.4) is 0 Å². The van der Waals surface area contributed by atoms with Crippen molar-refractivity contribution in [2.75, 3.05) is 18.2 Å². The maximum absolute atomic E-state index is 13.2. The van der Waals surface area contributed by atoms with Crippen LogP contribution in [-0.2, 0) is 15.8 Å². The predicted molar refractivity (Wildman–Crippen MR) is 84.5 cm³/mol. The van der Waals surface area contributed by atoms with Crippen molar-refractivity contribution in [3.8, 4) is 0 Å². The lowest BCUT2D eigenvalue weighted by molar-refractivity contribution is -0.149. The second kappa shape index (κ2) is 5.75. The molecule has 1 atom stereocenters. The first-order valence-corrected chi connectivity index (χ1v) is 7.77. The van der Waals surface area contributed by atoms with Crippen LogP contribution >= 0.6 is 0 Å². The number of halogens is 3. The number of benzene rings is 1. The number of hydrogen-bond donors (Lipinski definition) is 1. The van der Waals surface area contributed by atoms with E-state index in [4.69, 9.17) is 0 Å². The van der Waals surface area contributed by atoms with Crippen molar-refractivity contribution in [3.63, 3.8) is 0 Å². The number of nitrogens with zero attached hydrogens (tertiary/aromatic N) is 3. The summed E-state index contributed by atoms with van der Waals surface area (Å²) in [5, 5.41) is 2.57. The molecule has 1 saturated heterocycles. The molecule has 1 aromatic rings. The number of para-hydroxylation sites is 1. The maximum Gasteiger partial charge on any atom is 0.418 e. The van der Waals surface area contributed by atoms with Gasteiger partial charge in [-0.1, -0.05) is 19.1 Å².